The van der Waals surface area contributed by atoms with Crippen molar-refractivity contribution in [1.82, 2.24) is 10.3 Å². The lowest BCUT2D eigenvalue weighted by molar-refractivity contribution is -0.116. The van der Waals surface area contributed by atoms with Crippen LogP contribution >= 0.6 is 11.3 Å². The maximum atomic E-state index is 12.0. The van der Waals surface area contributed by atoms with Crippen molar-refractivity contribution in [2.45, 2.75) is 25.7 Å². The molecule has 0 aliphatic carbocycles. The molecule has 0 atom stereocenters. The highest BCUT2D eigenvalue weighted by atomic mass is 32.1. The van der Waals surface area contributed by atoms with Crippen LogP contribution in [0.5, 0.6) is 0 Å². The first-order valence-electron chi connectivity index (χ1n) is 7.82. The number of rotatable bonds is 5. The molecule has 0 radical (unpaired) electrons. The summed E-state index contributed by atoms with van der Waals surface area (Å²) in [6, 6.07) is 7.89. The number of thiazole rings is 1. The van der Waals surface area contributed by atoms with Crippen LogP contribution in [0.15, 0.2) is 35.8 Å². The number of benzene rings is 1. The fraction of sp³-hybridized carbons (Fsp3) is 0.412. The topological polar surface area (TPSA) is 54.0 Å². The molecule has 2 aromatic rings. The third-order valence-electron chi connectivity index (χ3n) is 4.09. The van der Waals surface area contributed by atoms with Gasteiger partial charge >= 0.3 is 0 Å². The Bertz CT molecular complexity index is 589. The van der Waals surface area contributed by atoms with E-state index in [0.717, 1.165) is 35.8 Å². The fourth-order valence-electron chi connectivity index (χ4n) is 2.79. The number of carbonyl (C=O) groups is 1. The number of nitrogens with zero attached hydrogens (tertiary/aromatic N) is 1. The Hall–Kier alpha value is -1.72. The smallest absolute Gasteiger partial charge is 0.224 e. The molecule has 0 spiro atoms. The summed E-state index contributed by atoms with van der Waals surface area (Å²) < 4.78 is 0. The molecule has 0 unspecified atom stereocenters. The van der Waals surface area contributed by atoms with Gasteiger partial charge in [0.1, 0.15) is 5.01 Å². The third-order valence-corrected chi connectivity index (χ3v) is 4.91. The SMILES string of the molecule is O=C(CCC1CCNCC1)Nc1ccc(-c2nccs2)cc1. The van der Waals surface area contributed by atoms with E-state index in [0.29, 0.717) is 12.3 Å². The average Bonchev–Trinajstić information content (AvgIpc) is 3.09. The van der Waals surface area contributed by atoms with Gasteiger partial charge in [-0.15, -0.1) is 11.3 Å². The molecule has 1 aromatic heterocycles. The monoisotopic (exact) mass is 315 g/mol. The molecule has 2 heterocycles. The summed E-state index contributed by atoms with van der Waals surface area (Å²) in [5.41, 5.74) is 1.94. The maximum Gasteiger partial charge on any atom is 0.224 e. The van der Waals surface area contributed by atoms with E-state index in [-0.39, 0.29) is 5.91 Å². The summed E-state index contributed by atoms with van der Waals surface area (Å²) in [6.07, 6.45) is 5.78. The van der Waals surface area contributed by atoms with E-state index in [1.807, 2.05) is 29.6 Å². The van der Waals surface area contributed by atoms with Crippen LogP contribution in [0.1, 0.15) is 25.7 Å². The summed E-state index contributed by atoms with van der Waals surface area (Å²) >= 11 is 1.62. The minimum atomic E-state index is 0.112. The predicted molar refractivity (Wildman–Crippen MR) is 91.0 cm³/mol. The number of piperidine rings is 1. The average molecular weight is 315 g/mol. The van der Waals surface area contributed by atoms with Gasteiger partial charge in [-0.3, -0.25) is 4.79 Å². The van der Waals surface area contributed by atoms with Gasteiger partial charge in [-0.05, 0) is 62.5 Å². The van der Waals surface area contributed by atoms with Crippen molar-refractivity contribution in [3.05, 3.63) is 35.8 Å². The lowest BCUT2D eigenvalue weighted by atomic mass is 9.93. The Kier molecular flexibility index (Phi) is 5.19. The largest absolute Gasteiger partial charge is 0.326 e. The molecular weight excluding hydrogens is 294 g/mol. The summed E-state index contributed by atoms with van der Waals surface area (Å²) in [5, 5.41) is 9.30. The van der Waals surface area contributed by atoms with Gasteiger partial charge in [0.2, 0.25) is 5.91 Å². The second-order valence-electron chi connectivity index (χ2n) is 5.69. The summed E-state index contributed by atoms with van der Waals surface area (Å²) in [5.74, 6) is 0.805. The van der Waals surface area contributed by atoms with Gasteiger partial charge in [-0.1, -0.05) is 0 Å². The first kappa shape index (κ1) is 15.2. The Morgan fingerprint density at radius 2 is 2.05 bits per heavy atom. The van der Waals surface area contributed by atoms with Gasteiger partial charge in [0.05, 0.1) is 0 Å². The number of anilines is 1. The molecule has 1 aliphatic heterocycles. The molecule has 1 aliphatic rings. The minimum Gasteiger partial charge on any atom is -0.326 e. The molecule has 1 fully saturated rings. The van der Waals surface area contributed by atoms with Crippen molar-refractivity contribution in [3.63, 3.8) is 0 Å². The van der Waals surface area contributed by atoms with Crippen LogP contribution in [0.25, 0.3) is 10.6 Å². The first-order chi connectivity index (χ1) is 10.8. The third kappa shape index (κ3) is 4.15. The Labute approximate surface area is 135 Å². The van der Waals surface area contributed by atoms with E-state index in [2.05, 4.69) is 15.6 Å². The lowest BCUT2D eigenvalue weighted by Gasteiger charge is -2.22. The number of nitrogens with one attached hydrogen (secondary N) is 2. The van der Waals surface area contributed by atoms with Gasteiger partial charge in [0.15, 0.2) is 0 Å². The molecule has 0 bridgehead atoms. The lowest BCUT2D eigenvalue weighted by Crippen LogP contribution is -2.28. The van der Waals surface area contributed by atoms with Gasteiger partial charge in [-0.25, -0.2) is 4.98 Å². The van der Waals surface area contributed by atoms with Crippen LogP contribution in [0.3, 0.4) is 0 Å². The second-order valence-corrected chi connectivity index (χ2v) is 6.59. The van der Waals surface area contributed by atoms with E-state index < -0.39 is 0 Å². The van der Waals surface area contributed by atoms with E-state index in [1.165, 1.54) is 12.8 Å². The molecule has 1 saturated heterocycles. The van der Waals surface area contributed by atoms with Crippen molar-refractivity contribution in [1.29, 1.82) is 0 Å². The number of hydrogen-bond donors (Lipinski definition) is 2. The second kappa shape index (κ2) is 7.51. The highest BCUT2D eigenvalue weighted by molar-refractivity contribution is 7.13. The summed E-state index contributed by atoms with van der Waals surface area (Å²) in [6.45, 7) is 2.18. The Balaban J connectivity index is 1.48. The highest BCUT2D eigenvalue weighted by Crippen LogP contribution is 2.23. The van der Waals surface area contributed by atoms with Crippen molar-refractivity contribution in [2.24, 2.45) is 5.92 Å². The van der Waals surface area contributed by atoms with Crippen molar-refractivity contribution in [2.75, 3.05) is 18.4 Å². The van der Waals surface area contributed by atoms with Crippen LogP contribution in [0.4, 0.5) is 5.69 Å². The maximum absolute atomic E-state index is 12.0. The number of carbonyl (C=O) groups excluding carboxylic acids is 1. The molecule has 116 valence electrons. The van der Waals surface area contributed by atoms with Crippen molar-refractivity contribution < 1.29 is 4.79 Å². The number of hydrogen-bond acceptors (Lipinski definition) is 4. The van der Waals surface area contributed by atoms with Gasteiger partial charge < -0.3 is 10.6 Å². The Morgan fingerprint density at radius 3 is 2.73 bits per heavy atom. The summed E-state index contributed by atoms with van der Waals surface area (Å²) in [4.78, 5) is 16.3. The molecule has 2 N–H and O–H groups in total. The molecule has 1 amide bonds. The summed E-state index contributed by atoms with van der Waals surface area (Å²) in [7, 11) is 0. The van der Waals surface area contributed by atoms with Crippen LogP contribution in [-0.2, 0) is 4.79 Å². The fourth-order valence-corrected chi connectivity index (χ4v) is 3.44. The van der Waals surface area contributed by atoms with Gasteiger partial charge in [-0.2, -0.15) is 0 Å². The zero-order chi connectivity index (χ0) is 15.2. The predicted octanol–water partition coefficient (Wildman–Crippen LogP) is 3.53. The highest BCUT2D eigenvalue weighted by Gasteiger charge is 2.14. The zero-order valence-corrected chi connectivity index (χ0v) is 13.4. The van der Waals surface area contributed by atoms with Crippen LogP contribution in [0.2, 0.25) is 0 Å². The van der Waals surface area contributed by atoms with Crippen molar-refractivity contribution >= 4 is 22.9 Å². The van der Waals surface area contributed by atoms with E-state index in [9.17, 15) is 4.79 Å². The van der Waals surface area contributed by atoms with Crippen molar-refractivity contribution in [3.8, 4) is 10.6 Å². The van der Waals surface area contributed by atoms with Crippen LogP contribution < -0.4 is 10.6 Å². The molecule has 0 saturated carbocycles. The van der Waals surface area contributed by atoms with E-state index in [4.69, 9.17) is 0 Å². The minimum absolute atomic E-state index is 0.112. The van der Waals surface area contributed by atoms with Crippen LogP contribution in [0, 0.1) is 5.92 Å². The van der Waals surface area contributed by atoms with E-state index in [1.54, 1.807) is 17.5 Å². The molecular formula is C17H21N3OS. The normalized spacial score (nSPS) is 15.6. The van der Waals surface area contributed by atoms with E-state index >= 15 is 0 Å². The molecule has 3 rings (SSSR count). The Morgan fingerprint density at radius 1 is 1.27 bits per heavy atom. The van der Waals surface area contributed by atoms with Gasteiger partial charge in [0.25, 0.3) is 0 Å². The quantitative estimate of drug-likeness (QED) is 0.887. The molecule has 4 nitrogen and oxygen atoms in total. The zero-order valence-electron chi connectivity index (χ0n) is 12.5. The molecule has 1 aromatic carbocycles. The first-order valence-corrected chi connectivity index (χ1v) is 8.70. The number of aromatic nitrogens is 1. The van der Waals surface area contributed by atoms with Gasteiger partial charge in [0, 0.05) is 29.2 Å². The molecule has 22 heavy (non-hydrogen) atoms. The standard InChI is InChI=1S/C17H21N3OS/c21-16(6-1-13-7-9-18-10-8-13)20-15-4-2-14(3-5-15)17-19-11-12-22-17/h2-5,11-13,18H,1,6-10H2,(H,20,21). The number of amides is 1. The molecule has 5 heteroatoms. The van der Waals surface area contributed by atoms with Crippen LogP contribution in [-0.4, -0.2) is 24.0 Å².